The van der Waals surface area contributed by atoms with E-state index in [1.807, 2.05) is 12.1 Å². The third-order valence-corrected chi connectivity index (χ3v) is 3.79. The minimum atomic E-state index is -0.413. The van der Waals surface area contributed by atoms with Gasteiger partial charge in [0.05, 0.1) is 17.4 Å². The molecule has 0 aromatic heterocycles. The number of hydrogen-bond acceptors (Lipinski definition) is 4. The molecule has 1 fully saturated rings. The van der Waals surface area contributed by atoms with Crippen molar-refractivity contribution in [3.8, 4) is 6.07 Å². The summed E-state index contributed by atoms with van der Waals surface area (Å²) in [5.41, 5.74) is 1.36. The fourth-order valence-corrected chi connectivity index (χ4v) is 2.68. The molecule has 1 saturated heterocycles. The van der Waals surface area contributed by atoms with Crippen LogP contribution in [0.25, 0.3) is 0 Å². The van der Waals surface area contributed by atoms with Crippen molar-refractivity contribution in [2.75, 3.05) is 31.5 Å². The standard InChI is InChI=1S/C14H18BrN3O/c15-12-4-3-11(8-16)14(7-12)17-9-13(19)10-18-5-1-2-6-18/h3-4,7,13,17,19H,1-2,5-6,9-10H2. The van der Waals surface area contributed by atoms with Gasteiger partial charge in [0.2, 0.25) is 0 Å². The zero-order chi connectivity index (χ0) is 13.7. The number of benzene rings is 1. The smallest absolute Gasteiger partial charge is 0.101 e. The summed E-state index contributed by atoms with van der Waals surface area (Å²) in [6, 6.07) is 7.61. The highest BCUT2D eigenvalue weighted by molar-refractivity contribution is 9.10. The average molecular weight is 324 g/mol. The van der Waals surface area contributed by atoms with Crippen LogP contribution in [0, 0.1) is 11.3 Å². The molecule has 4 nitrogen and oxygen atoms in total. The Balaban J connectivity index is 1.87. The van der Waals surface area contributed by atoms with Crippen LogP contribution in [0.15, 0.2) is 22.7 Å². The Bertz CT molecular complexity index is 466. The van der Waals surface area contributed by atoms with Gasteiger partial charge in [-0.3, -0.25) is 0 Å². The molecule has 0 bridgehead atoms. The first-order valence-corrected chi connectivity index (χ1v) is 7.32. The highest BCUT2D eigenvalue weighted by atomic mass is 79.9. The van der Waals surface area contributed by atoms with E-state index in [0.717, 1.165) is 23.2 Å². The van der Waals surface area contributed by atoms with Crippen LogP contribution < -0.4 is 5.32 Å². The number of hydrogen-bond donors (Lipinski definition) is 2. The van der Waals surface area contributed by atoms with Gasteiger partial charge in [0, 0.05) is 17.6 Å². The van der Waals surface area contributed by atoms with Crippen molar-refractivity contribution in [2.24, 2.45) is 0 Å². The Kier molecular flexibility index (Phi) is 5.20. The summed E-state index contributed by atoms with van der Waals surface area (Å²) in [6.45, 7) is 3.32. The summed E-state index contributed by atoms with van der Waals surface area (Å²) < 4.78 is 0.919. The van der Waals surface area contributed by atoms with Crippen molar-refractivity contribution < 1.29 is 5.11 Å². The maximum absolute atomic E-state index is 10.0. The summed E-state index contributed by atoms with van der Waals surface area (Å²) in [5, 5.41) is 22.2. The summed E-state index contributed by atoms with van der Waals surface area (Å²) in [4.78, 5) is 2.28. The van der Waals surface area contributed by atoms with Crippen LogP contribution in [0.1, 0.15) is 18.4 Å². The number of nitrogens with one attached hydrogen (secondary N) is 1. The SMILES string of the molecule is N#Cc1ccc(Br)cc1NCC(O)CN1CCCC1. The largest absolute Gasteiger partial charge is 0.390 e. The van der Waals surface area contributed by atoms with Gasteiger partial charge >= 0.3 is 0 Å². The van der Waals surface area contributed by atoms with Crippen molar-refractivity contribution in [3.05, 3.63) is 28.2 Å². The molecule has 2 rings (SSSR count). The molecule has 0 saturated carbocycles. The van der Waals surface area contributed by atoms with Crippen molar-refractivity contribution >= 4 is 21.6 Å². The van der Waals surface area contributed by atoms with Crippen LogP contribution in [0.5, 0.6) is 0 Å². The van der Waals surface area contributed by atoms with E-state index < -0.39 is 6.10 Å². The van der Waals surface area contributed by atoms with Crippen LogP contribution in [-0.2, 0) is 0 Å². The van der Waals surface area contributed by atoms with Gasteiger partial charge in [0.1, 0.15) is 6.07 Å². The Hall–Kier alpha value is -1.09. The van der Waals surface area contributed by atoms with E-state index in [4.69, 9.17) is 5.26 Å². The monoisotopic (exact) mass is 323 g/mol. The lowest BCUT2D eigenvalue weighted by Gasteiger charge is -2.20. The molecule has 1 heterocycles. The topological polar surface area (TPSA) is 59.3 Å². The molecule has 1 aromatic rings. The lowest BCUT2D eigenvalue weighted by Crippen LogP contribution is -2.34. The van der Waals surface area contributed by atoms with Gasteiger partial charge in [0.25, 0.3) is 0 Å². The number of aliphatic hydroxyl groups excluding tert-OH is 1. The van der Waals surface area contributed by atoms with E-state index in [1.165, 1.54) is 12.8 Å². The Morgan fingerprint density at radius 1 is 1.42 bits per heavy atom. The van der Waals surface area contributed by atoms with Gasteiger partial charge in [-0.05, 0) is 44.1 Å². The molecule has 0 radical (unpaired) electrons. The number of nitriles is 1. The zero-order valence-corrected chi connectivity index (χ0v) is 12.4. The molecule has 0 amide bonds. The third kappa shape index (κ3) is 4.20. The van der Waals surface area contributed by atoms with Crippen molar-refractivity contribution in [1.82, 2.24) is 4.90 Å². The molecule has 1 aliphatic rings. The van der Waals surface area contributed by atoms with Gasteiger partial charge < -0.3 is 15.3 Å². The second-order valence-corrected chi connectivity index (χ2v) is 5.76. The van der Waals surface area contributed by atoms with E-state index in [9.17, 15) is 5.11 Å². The summed E-state index contributed by atoms with van der Waals surface area (Å²) in [7, 11) is 0. The zero-order valence-electron chi connectivity index (χ0n) is 10.8. The van der Waals surface area contributed by atoms with E-state index in [2.05, 4.69) is 32.2 Å². The van der Waals surface area contributed by atoms with Crippen molar-refractivity contribution in [1.29, 1.82) is 5.26 Å². The van der Waals surface area contributed by atoms with Crippen molar-refractivity contribution in [3.63, 3.8) is 0 Å². The number of nitrogens with zero attached hydrogens (tertiary/aromatic N) is 2. The highest BCUT2D eigenvalue weighted by Crippen LogP contribution is 2.20. The lowest BCUT2D eigenvalue weighted by atomic mass is 10.2. The number of β-amino-alcohol motifs (C(OH)–C–C–N with tert-alkyl or cyclic N) is 1. The molecule has 1 aromatic carbocycles. The number of rotatable bonds is 5. The molecule has 0 spiro atoms. The van der Waals surface area contributed by atoms with E-state index >= 15 is 0 Å². The summed E-state index contributed by atoms with van der Waals surface area (Å²) in [6.07, 6.45) is 2.04. The van der Waals surface area contributed by atoms with Crippen LogP contribution in [-0.4, -0.2) is 42.3 Å². The fraction of sp³-hybridized carbons (Fsp3) is 0.500. The van der Waals surface area contributed by atoms with Gasteiger partial charge in [-0.1, -0.05) is 15.9 Å². The lowest BCUT2D eigenvalue weighted by molar-refractivity contribution is 0.135. The number of anilines is 1. The molecular weight excluding hydrogens is 306 g/mol. The first kappa shape index (κ1) is 14.3. The summed E-state index contributed by atoms with van der Waals surface area (Å²) >= 11 is 3.38. The first-order valence-electron chi connectivity index (χ1n) is 6.53. The number of halogens is 1. The van der Waals surface area contributed by atoms with E-state index in [0.29, 0.717) is 18.7 Å². The maximum Gasteiger partial charge on any atom is 0.101 e. The summed E-state index contributed by atoms with van der Waals surface area (Å²) in [5.74, 6) is 0. The fourth-order valence-electron chi connectivity index (χ4n) is 2.32. The van der Waals surface area contributed by atoms with Crippen LogP contribution in [0.3, 0.4) is 0 Å². The molecular formula is C14H18BrN3O. The first-order chi connectivity index (χ1) is 9.19. The quantitative estimate of drug-likeness (QED) is 0.872. The molecule has 102 valence electrons. The maximum atomic E-state index is 10.0. The molecule has 2 N–H and O–H groups in total. The normalized spacial score (nSPS) is 17.1. The molecule has 19 heavy (non-hydrogen) atoms. The van der Waals surface area contributed by atoms with Crippen LogP contribution in [0.4, 0.5) is 5.69 Å². The molecule has 0 aliphatic carbocycles. The Morgan fingerprint density at radius 2 is 2.16 bits per heavy atom. The average Bonchev–Trinajstić information content (AvgIpc) is 2.89. The molecule has 1 aliphatic heterocycles. The minimum absolute atomic E-state index is 0.413. The highest BCUT2D eigenvalue weighted by Gasteiger charge is 2.15. The van der Waals surface area contributed by atoms with Gasteiger partial charge in [-0.25, -0.2) is 0 Å². The van der Waals surface area contributed by atoms with Gasteiger partial charge in [0.15, 0.2) is 0 Å². The van der Waals surface area contributed by atoms with Crippen molar-refractivity contribution in [2.45, 2.75) is 18.9 Å². The minimum Gasteiger partial charge on any atom is -0.390 e. The Labute approximate surface area is 122 Å². The number of likely N-dealkylation sites (tertiary alicyclic amines) is 1. The second kappa shape index (κ2) is 6.90. The predicted octanol–water partition coefficient (Wildman–Crippen LogP) is 2.19. The van der Waals surface area contributed by atoms with Crippen LogP contribution in [0.2, 0.25) is 0 Å². The van der Waals surface area contributed by atoms with E-state index in [-0.39, 0.29) is 0 Å². The Morgan fingerprint density at radius 3 is 2.84 bits per heavy atom. The molecule has 5 heteroatoms. The predicted molar refractivity (Wildman–Crippen MR) is 79.0 cm³/mol. The van der Waals surface area contributed by atoms with Gasteiger partial charge in [-0.15, -0.1) is 0 Å². The third-order valence-electron chi connectivity index (χ3n) is 3.30. The van der Waals surface area contributed by atoms with Gasteiger partial charge in [-0.2, -0.15) is 5.26 Å². The molecule has 1 unspecified atom stereocenters. The van der Waals surface area contributed by atoms with E-state index in [1.54, 1.807) is 6.07 Å². The number of aliphatic hydroxyl groups is 1. The van der Waals surface area contributed by atoms with Crippen LogP contribution >= 0.6 is 15.9 Å². The molecule has 1 atom stereocenters. The second-order valence-electron chi connectivity index (χ2n) is 4.84.